The van der Waals surface area contributed by atoms with Crippen molar-refractivity contribution in [2.75, 3.05) is 0 Å². The normalized spacial score (nSPS) is 11.2. The number of hydrogen-bond acceptors (Lipinski definition) is 1. The van der Waals surface area contributed by atoms with Crippen LogP contribution >= 0.6 is 11.6 Å². The fraction of sp³-hybridized carbons (Fsp3) is 0.600. The van der Waals surface area contributed by atoms with Crippen LogP contribution in [-0.2, 0) is 0 Å². The molecule has 0 saturated heterocycles. The maximum absolute atomic E-state index is 8.06. The van der Waals surface area contributed by atoms with Gasteiger partial charge in [-0.3, -0.25) is 0 Å². The van der Waals surface area contributed by atoms with Gasteiger partial charge in [-0.25, -0.2) is 0 Å². The Hall–Kier alpha value is -0.430. The summed E-state index contributed by atoms with van der Waals surface area (Å²) in [5, 5.41) is 8.06. The van der Waals surface area contributed by atoms with Crippen molar-refractivity contribution in [1.82, 2.24) is 0 Å². The van der Waals surface area contributed by atoms with Crippen molar-refractivity contribution in [3.8, 4) is 0 Å². The summed E-state index contributed by atoms with van der Waals surface area (Å²) in [4.78, 5) is 0. The molecule has 0 saturated carbocycles. The fourth-order valence-corrected chi connectivity index (χ4v) is 0.609. The number of halogens is 1. The minimum atomic E-state index is 0.468. The zero-order valence-electron chi connectivity index (χ0n) is 8.29. The smallest absolute Gasteiger partial charge is 0.0754 e. The van der Waals surface area contributed by atoms with Crippen LogP contribution in [0.4, 0.5) is 0 Å². The molecular weight excluding hydrogens is 172 g/mol. The first-order valence-corrected chi connectivity index (χ1v) is 4.56. The second-order valence-corrected chi connectivity index (χ2v) is 3.40. The maximum atomic E-state index is 8.06. The van der Waals surface area contributed by atoms with Gasteiger partial charge in [0.25, 0.3) is 0 Å². The van der Waals surface area contributed by atoms with Crippen molar-refractivity contribution < 1.29 is 5.11 Å². The van der Waals surface area contributed by atoms with Gasteiger partial charge < -0.3 is 5.11 Å². The number of hydrogen-bond donors (Lipinski definition) is 1. The molecule has 0 spiro atoms. The van der Waals surface area contributed by atoms with Gasteiger partial charge in [0.15, 0.2) is 0 Å². The highest BCUT2D eigenvalue weighted by atomic mass is 35.5. The van der Waals surface area contributed by atoms with Crippen molar-refractivity contribution in [3.05, 3.63) is 23.9 Å². The predicted molar refractivity (Wildman–Crippen MR) is 56.4 cm³/mol. The summed E-state index contributed by atoms with van der Waals surface area (Å²) in [6, 6.07) is 0. The van der Waals surface area contributed by atoms with Crippen molar-refractivity contribution in [3.63, 3.8) is 0 Å². The summed E-state index contributed by atoms with van der Waals surface area (Å²) in [5.41, 5.74) is 1.55. The Balaban J connectivity index is 0. The van der Waals surface area contributed by atoms with Crippen LogP contribution < -0.4 is 0 Å². The molecule has 0 heterocycles. The Morgan fingerprint density at radius 3 is 1.42 bits per heavy atom. The van der Waals surface area contributed by atoms with E-state index in [0.717, 1.165) is 6.26 Å². The van der Waals surface area contributed by atoms with Gasteiger partial charge >= 0.3 is 0 Å². The summed E-state index contributed by atoms with van der Waals surface area (Å²) in [6.07, 6.45) is 4.73. The highest BCUT2D eigenvalue weighted by Gasteiger charge is 1.78. The molecule has 0 bridgehead atoms. The van der Waals surface area contributed by atoms with Crippen molar-refractivity contribution >= 4 is 11.6 Å². The van der Waals surface area contributed by atoms with Gasteiger partial charge in [0.2, 0.25) is 0 Å². The summed E-state index contributed by atoms with van der Waals surface area (Å²) in [7, 11) is 0. The Labute approximate surface area is 80.7 Å². The maximum Gasteiger partial charge on any atom is 0.0754 e. The van der Waals surface area contributed by atoms with Gasteiger partial charge in [-0.05, 0) is 17.9 Å². The van der Waals surface area contributed by atoms with Crippen LogP contribution in [0.2, 0.25) is 0 Å². The largest absolute Gasteiger partial charge is 0.516 e. The van der Waals surface area contributed by atoms with E-state index in [1.165, 1.54) is 0 Å². The Morgan fingerprint density at radius 1 is 1.00 bits per heavy atom. The number of aliphatic hydroxyl groups is 1. The molecule has 0 unspecified atom stereocenters. The molecule has 2 heteroatoms. The molecule has 1 N–H and O–H groups in total. The van der Waals surface area contributed by atoms with Crippen molar-refractivity contribution in [2.45, 2.75) is 27.7 Å². The summed E-state index contributed by atoms with van der Waals surface area (Å²) in [5.74, 6) is 1.05. The Bertz CT molecular complexity index is 110. The van der Waals surface area contributed by atoms with Gasteiger partial charge in [-0.1, -0.05) is 45.4 Å². The fourth-order valence-electron chi connectivity index (χ4n) is 0.318. The molecule has 72 valence electrons. The first-order valence-electron chi connectivity index (χ1n) is 4.12. The Morgan fingerprint density at radius 2 is 1.42 bits per heavy atom. The third-order valence-corrected chi connectivity index (χ3v) is 1.07. The zero-order valence-corrected chi connectivity index (χ0v) is 9.05. The molecule has 0 amide bonds. The lowest BCUT2D eigenvalue weighted by molar-refractivity contribution is 0.467. The van der Waals surface area contributed by atoms with E-state index in [1.54, 1.807) is 11.6 Å². The summed E-state index contributed by atoms with van der Waals surface area (Å²) in [6.45, 7) is 8.18. The monoisotopic (exact) mass is 190 g/mol. The van der Waals surface area contributed by atoms with Crippen LogP contribution in [0.3, 0.4) is 0 Å². The zero-order chi connectivity index (χ0) is 9.98. The van der Waals surface area contributed by atoms with Crippen LogP contribution in [0, 0.1) is 11.8 Å². The number of allylic oxidation sites excluding steroid dienone is 2. The van der Waals surface area contributed by atoms with E-state index in [9.17, 15) is 0 Å². The molecule has 0 aliphatic rings. The summed E-state index contributed by atoms with van der Waals surface area (Å²) >= 11 is 5.22. The van der Waals surface area contributed by atoms with E-state index < -0.39 is 0 Å². The SMILES string of the molecule is CC(C)/C=C/Cl.CC(C)/C=C/O. The third kappa shape index (κ3) is 22.7. The lowest BCUT2D eigenvalue weighted by Gasteiger charge is -1.86. The van der Waals surface area contributed by atoms with Gasteiger partial charge in [0, 0.05) is 5.54 Å². The first-order chi connectivity index (χ1) is 5.54. The molecule has 0 fully saturated rings. The average molecular weight is 191 g/mol. The minimum absolute atomic E-state index is 0.468. The average Bonchev–Trinajstić information content (AvgIpc) is 1.87. The first kappa shape index (κ1) is 14.1. The van der Waals surface area contributed by atoms with E-state index in [1.807, 2.05) is 19.9 Å². The molecule has 0 rings (SSSR count). The quantitative estimate of drug-likeness (QED) is 0.650. The van der Waals surface area contributed by atoms with Crippen LogP contribution in [0.5, 0.6) is 0 Å². The third-order valence-electron chi connectivity index (χ3n) is 0.929. The van der Waals surface area contributed by atoms with E-state index in [4.69, 9.17) is 16.7 Å². The molecule has 0 aromatic rings. The van der Waals surface area contributed by atoms with Crippen LogP contribution in [0.25, 0.3) is 0 Å². The molecule has 0 aromatic carbocycles. The molecule has 12 heavy (non-hydrogen) atoms. The van der Waals surface area contributed by atoms with Crippen LogP contribution in [-0.4, -0.2) is 5.11 Å². The minimum Gasteiger partial charge on any atom is -0.516 e. The van der Waals surface area contributed by atoms with Crippen molar-refractivity contribution in [2.24, 2.45) is 11.8 Å². The molecule has 0 aromatic heterocycles. The topological polar surface area (TPSA) is 20.2 Å². The van der Waals surface area contributed by atoms with Gasteiger partial charge in [-0.15, -0.1) is 0 Å². The van der Waals surface area contributed by atoms with Gasteiger partial charge in [0.05, 0.1) is 6.26 Å². The second kappa shape index (κ2) is 10.6. The number of rotatable bonds is 2. The second-order valence-electron chi connectivity index (χ2n) is 3.15. The molecule has 0 aliphatic heterocycles. The van der Waals surface area contributed by atoms with E-state index >= 15 is 0 Å². The predicted octanol–water partition coefficient (Wildman–Crippen LogP) is 4.11. The van der Waals surface area contributed by atoms with E-state index in [0.29, 0.717) is 11.8 Å². The molecule has 0 aliphatic carbocycles. The van der Waals surface area contributed by atoms with Gasteiger partial charge in [0.1, 0.15) is 0 Å². The van der Waals surface area contributed by atoms with E-state index in [-0.39, 0.29) is 0 Å². The van der Waals surface area contributed by atoms with Crippen LogP contribution in [0.1, 0.15) is 27.7 Å². The highest BCUT2D eigenvalue weighted by molar-refractivity contribution is 6.25. The molecule has 0 atom stereocenters. The standard InChI is InChI=1S/C5H9Cl.C5H10O/c2*1-5(2)3-4-6/h3-5H,1-2H3;3-6H,1-2H3/b2*4-3+. The number of aliphatic hydroxyl groups excluding tert-OH is 1. The van der Waals surface area contributed by atoms with E-state index in [2.05, 4.69) is 13.8 Å². The molecular formula is C10H19ClO. The van der Waals surface area contributed by atoms with Crippen molar-refractivity contribution in [1.29, 1.82) is 0 Å². The van der Waals surface area contributed by atoms with Gasteiger partial charge in [-0.2, -0.15) is 0 Å². The molecule has 1 nitrogen and oxygen atoms in total. The van der Waals surface area contributed by atoms with Crippen LogP contribution in [0.15, 0.2) is 23.9 Å². The lowest BCUT2D eigenvalue weighted by Crippen LogP contribution is -1.74. The molecule has 0 radical (unpaired) electrons. The highest BCUT2D eigenvalue weighted by Crippen LogP contribution is 1.93. The lowest BCUT2D eigenvalue weighted by atomic mass is 10.2. The summed E-state index contributed by atoms with van der Waals surface area (Å²) < 4.78 is 0. The Kier molecular flexibility index (Phi) is 12.4.